The van der Waals surface area contributed by atoms with E-state index in [1.165, 1.54) is 6.92 Å². The van der Waals surface area contributed by atoms with E-state index in [9.17, 15) is 9.59 Å². The lowest BCUT2D eigenvalue weighted by atomic mass is 10.2. The Labute approximate surface area is 69.7 Å². The summed E-state index contributed by atoms with van der Waals surface area (Å²) in [5.74, 6) is -1.27. The number of aliphatic carboxylic acids is 1. The van der Waals surface area contributed by atoms with E-state index in [-0.39, 0.29) is 12.1 Å². The van der Waals surface area contributed by atoms with Crippen LogP contribution in [0.5, 0.6) is 0 Å². The molecule has 1 saturated heterocycles. The van der Waals surface area contributed by atoms with Crippen molar-refractivity contribution >= 4 is 11.9 Å². The highest BCUT2D eigenvalue weighted by molar-refractivity contribution is 5.74. The van der Waals surface area contributed by atoms with Crippen LogP contribution in [0.3, 0.4) is 0 Å². The highest BCUT2D eigenvalue weighted by Crippen LogP contribution is 2.10. The Bertz CT molecular complexity index is 204. The largest absolute Gasteiger partial charge is 0.480 e. The maximum Gasteiger partial charge on any atom is 0.320 e. The van der Waals surface area contributed by atoms with Crippen molar-refractivity contribution in [3.8, 4) is 0 Å². The summed E-state index contributed by atoms with van der Waals surface area (Å²) in [6, 6.07) is -0.575. The number of hydrogen-bond donors (Lipinski definition) is 2. The number of rotatable bonds is 2. The monoisotopic (exact) mass is 173 g/mol. The second-order valence-electron chi connectivity index (χ2n) is 2.77. The molecule has 5 heteroatoms. The summed E-state index contributed by atoms with van der Waals surface area (Å²) in [5.41, 5.74) is 0. The molecule has 1 aliphatic rings. The molecule has 5 nitrogen and oxygen atoms in total. The van der Waals surface area contributed by atoms with Crippen molar-refractivity contribution < 1.29 is 19.4 Å². The average molecular weight is 173 g/mol. The highest BCUT2D eigenvalue weighted by Gasteiger charge is 2.30. The van der Waals surface area contributed by atoms with Gasteiger partial charge in [0.25, 0.3) is 0 Å². The molecule has 0 saturated carbocycles. The summed E-state index contributed by atoms with van der Waals surface area (Å²) in [7, 11) is 0. The Morgan fingerprint density at radius 3 is 2.67 bits per heavy atom. The lowest BCUT2D eigenvalue weighted by molar-refractivity contribution is -0.146. The fourth-order valence-electron chi connectivity index (χ4n) is 1.22. The van der Waals surface area contributed by atoms with Crippen molar-refractivity contribution in [1.29, 1.82) is 0 Å². The normalized spacial score (nSPS) is 28.4. The van der Waals surface area contributed by atoms with Gasteiger partial charge in [-0.3, -0.25) is 9.59 Å². The predicted molar refractivity (Wildman–Crippen MR) is 39.6 cm³/mol. The third kappa shape index (κ3) is 2.20. The number of esters is 1. The van der Waals surface area contributed by atoms with Gasteiger partial charge in [-0.1, -0.05) is 0 Å². The van der Waals surface area contributed by atoms with E-state index in [0.29, 0.717) is 13.0 Å². The quantitative estimate of drug-likeness (QED) is 0.543. The molecule has 1 rings (SSSR count). The van der Waals surface area contributed by atoms with Crippen LogP contribution in [0.2, 0.25) is 0 Å². The first-order valence-electron chi connectivity index (χ1n) is 3.73. The molecule has 1 heterocycles. The molecule has 2 N–H and O–H groups in total. The van der Waals surface area contributed by atoms with Gasteiger partial charge in [-0.2, -0.15) is 0 Å². The first-order valence-corrected chi connectivity index (χ1v) is 3.73. The van der Waals surface area contributed by atoms with E-state index in [1.807, 2.05) is 0 Å². The SMILES string of the molecule is CC(=O)OC1CNC(C(=O)O)C1. The van der Waals surface area contributed by atoms with Crippen LogP contribution in [-0.2, 0) is 14.3 Å². The van der Waals surface area contributed by atoms with E-state index in [2.05, 4.69) is 5.32 Å². The average Bonchev–Trinajstić information content (AvgIpc) is 2.34. The van der Waals surface area contributed by atoms with Crippen LogP contribution < -0.4 is 5.32 Å². The molecule has 0 aromatic carbocycles. The molecule has 1 aliphatic heterocycles. The Morgan fingerprint density at radius 2 is 2.25 bits per heavy atom. The molecule has 0 aromatic rings. The molecule has 1 fully saturated rings. The second kappa shape index (κ2) is 3.53. The Hall–Kier alpha value is -1.10. The second-order valence-corrected chi connectivity index (χ2v) is 2.77. The minimum atomic E-state index is -0.898. The lowest BCUT2D eigenvalue weighted by Crippen LogP contribution is -2.29. The van der Waals surface area contributed by atoms with Gasteiger partial charge in [-0.25, -0.2) is 0 Å². The van der Waals surface area contributed by atoms with Crippen molar-refractivity contribution in [3.05, 3.63) is 0 Å². The van der Waals surface area contributed by atoms with Crippen LogP contribution >= 0.6 is 0 Å². The number of nitrogens with one attached hydrogen (secondary N) is 1. The number of carbonyl (C=O) groups is 2. The van der Waals surface area contributed by atoms with Gasteiger partial charge in [0.2, 0.25) is 0 Å². The molecule has 0 bridgehead atoms. The molecule has 0 aliphatic carbocycles. The summed E-state index contributed by atoms with van der Waals surface area (Å²) < 4.78 is 4.83. The maximum absolute atomic E-state index is 10.5. The van der Waals surface area contributed by atoms with Gasteiger partial charge in [0.05, 0.1) is 0 Å². The summed E-state index contributed by atoms with van der Waals surface area (Å²) in [6.07, 6.45) is 0.0677. The fraction of sp³-hybridized carbons (Fsp3) is 0.714. The summed E-state index contributed by atoms with van der Waals surface area (Å²) in [5, 5.41) is 11.3. The number of carboxylic acid groups (broad SMARTS) is 1. The summed E-state index contributed by atoms with van der Waals surface area (Å²) in [6.45, 7) is 1.74. The van der Waals surface area contributed by atoms with Crippen LogP contribution in [0.4, 0.5) is 0 Å². The topological polar surface area (TPSA) is 75.6 Å². The Morgan fingerprint density at radius 1 is 1.58 bits per heavy atom. The zero-order valence-electron chi connectivity index (χ0n) is 6.74. The number of carboxylic acids is 1. The fourth-order valence-corrected chi connectivity index (χ4v) is 1.22. The van der Waals surface area contributed by atoms with E-state index in [4.69, 9.17) is 9.84 Å². The van der Waals surface area contributed by atoms with Gasteiger partial charge in [-0.05, 0) is 0 Å². The molecule has 0 amide bonds. The van der Waals surface area contributed by atoms with Crippen LogP contribution in [0.25, 0.3) is 0 Å². The first kappa shape index (κ1) is 8.99. The standard InChI is InChI=1S/C7H11NO4/c1-4(9)12-5-2-6(7(10)11)8-3-5/h5-6,8H,2-3H2,1H3,(H,10,11). The molecule has 0 spiro atoms. The lowest BCUT2D eigenvalue weighted by Gasteiger charge is -2.07. The molecule has 68 valence electrons. The molecule has 12 heavy (non-hydrogen) atoms. The summed E-state index contributed by atoms with van der Waals surface area (Å²) >= 11 is 0. The van der Waals surface area contributed by atoms with Crippen molar-refractivity contribution in [3.63, 3.8) is 0 Å². The van der Waals surface area contributed by atoms with E-state index in [1.54, 1.807) is 0 Å². The molecular formula is C7H11NO4. The maximum atomic E-state index is 10.5. The molecule has 2 unspecified atom stereocenters. The summed E-state index contributed by atoms with van der Waals surface area (Å²) in [4.78, 5) is 20.9. The van der Waals surface area contributed by atoms with Gasteiger partial charge in [0, 0.05) is 19.9 Å². The third-order valence-electron chi connectivity index (χ3n) is 1.72. The van der Waals surface area contributed by atoms with Crippen LogP contribution in [0, 0.1) is 0 Å². The van der Waals surface area contributed by atoms with Crippen molar-refractivity contribution in [2.45, 2.75) is 25.5 Å². The van der Waals surface area contributed by atoms with Crippen LogP contribution in [0.1, 0.15) is 13.3 Å². The number of carbonyl (C=O) groups excluding carboxylic acids is 1. The van der Waals surface area contributed by atoms with Crippen molar-refractivity contribution in [2.24, 2.45) is 0 Å². The smallest absolute Gasteiger partial charge is 0.320 e. The first-order chi connectivity index (χ1) is 5.59. The Balaban J connectivity index is 2.35. The van der Waals surface area contributed by atoms with E-state index in [0.717, 1.165) is 0 Å². The molecule has 2 atom stereocenters. The minimum Gasteiger partial charge on any atom is -0.480 e. The number of ether oxygens (including phenoxy) is 1. The van der Waals surface area contributed by atoms with E-state index < -0.39 is 12.0 Å². The van der Waals surface area contributed by atoms with Gasteiger partial charge in [0.15, 0.2) is 0 Å². The van der Waals surface area contributed by atoms with Gasteiger partial charge in [-0.15, -0.1) is 0 Å². The molecule has 0 radical (unpaired) electrons. The van der Waals surface area contributed by atoms with Gasteiger partial charge in [0.1, 0.15) is 12.1 Å². The zero-order valence-corrected chi connectivity index (χ0v) is 6.74. The zero-order chi connectivity index (χ0) is 9.14. The number of hydrogen-bond acceptors (Lipinski definition) is 4. The minimum absolute atomic E-state index is 0.288. The van der Waals surface area contributed by atoms with Crippen molar-refractivity contribution in [1.82, 2.24) is 5.32 Å². The molecule has 0 aromatic heterocycles. The van der Waals surface area contributed by atoms with Crippen LogP contribution in [-0.4, -0.2) is 35.7 Å². The highest BCUT2D eigenvalue weighted by atomic mass is 16.5. The van der Waals surface area contributed by atoms with Gasteiger partial charge >= 0.3 is 11.9 Å². The van der Waals surface area contributed by atoms with Crippen molar-refractivity contribution in [2.75, 3.05) is 6.54 Å². The van der Waals surface area contributed by atoms with Gasteiger partial charge < -0.3 is 15.2 Å². The Kier molecular flexibility index (Phi) is 2.65. The van der Waals surface area contributed by atoms with Crippen LogP contribution in [0.15, 0.2) is 0 Å². The third-order valence-corrected chi connectivity index (χ3v) is 1.72. The predicted octanol–water partition coefficient (Wildman–Crippen LogP) is -0.635. The molecular weight excluding hydrogens is 162 g/mol. The van der Waals surface area contributed by atoms with E-state index >= 15 is 0 Å².